The first kappa shape index (κ1) is 15.0. The van der Waals surface area contributed by atoms with Crippen LogP contribution >= 0.6 is 0 Å². The zero-order chi connectivity index (χ0) is 15.4. The Kier molecular flexibility index (Phi) is 4.53. The fourth-order valence-electron chi connectivity index (χ4n) is 2.39. The van der Waals surface area contributed by atoms with Gasteiger partial charge in [0.05, 0.1) is 12.2 Å². The molecule has 0 radical (unpaired) electrons. The Morgan fingerprint density at radius 2 is 1.52 bits per heavy atom. The van der Waals surface area contributed by atoms with Crippen LogP contribution in [0.3, 0.4) is 0 Å². The van der Waals surface area contributed by atoms with Crippen LogP contribution in [0.1, 0.15) is 44.3 Å². The zero-order valence-corrected chi connectivity index (χ0v) is 12.5. The maximum atomic E-state index is 12.6. The summed E-state index contributed by atoms with van der Waals surface area (Å²) in [6.45, 7) is 5.78. The van der Waals surface area contributed by atoms with Crippen molar-refractivity contribution in [1.82, 2.24) is 0 Å². The number of aryl methyl sites for hydroxylation is 2. The van der Waals surface area contributed by atoms with Crippen molar-refractivity contribution in [1.29, 1.82) is 0 Å². The molecule has 0 bridgehead atoms. The third-order valence-corrected chi connectivity index (χ3v) is 3.31. The summed E-state index contributed by atoms with van der Waals surface area (Å²) in [5, 5.41) is 0. The first-order valence-corrected chi connectivity index (χ1v) is 6.92. The molecule has 0 aliphatic carbocycles. The van der Waals surface area contributed by atoms with Gasteiger partial charge in [-0.15, -0.1) is 0 Å². The lowest BCUT2D eigenvalue weighted by Crippen LogP contribution is -2.10. The summed E-state index contributed by atoms with van der Waals surface area (Å²) >= 11 is 0. The second-order valence-corrected chi connectivity index (χ2v) is 4.90. The molecular weight excluding hydrogens is 264 g/mol. The molecule has 2 rings (SSSR count). The molecule has 0 fully saturated rings. The number of carbonyl (C=O) groups excluding carboxylic acids is 2. The molecule has 2 aromatic rings. The smallest absolute Gasteiger partial charge is 0.338 e. The van der Waals surface area contributed by atoms with E-state index in [9.17, 15) is 9.59 Å². The molecule has 0 aliphatic rings. The maximum Gasteiger partial charge on any atom is 0.338 e. The normalized spacial score (nSPS) is 10.2. The maximum absolute atomic E-state index is 12.6. The van der Waals surface area contributed by atoms with Crippen LogP contribution in [0.4, 0.5) is 0 Å². The van der Waals surface area contributed by atoms with Gasteiger partial charge in [0.2, 0.25) is 0 Å². The molecule has 0 saturated carbocycles. The quantitative estimate of drug-likeness (QED) is 0.634. The van der Waals surface area contributed by atoms with Gasteiger partial charge in [-0.05, 0) is 44.0 Å². The molecule has 0 aromatic heterocycles. The average molecular weight is 282 g/mol. The van der Waals surface area contributed by atoms with Gasteiger partial charge in [0.15, 0.2) is 5.78 Å². The summed E-state index contributed by atoms with van der Waals surface area (Å²) < 4.78 is 5.00. The molecule has 108 valence electrons. The van der Waals surface area contributed by atoms with Gasteiger partial charge >= 0.3 is 5.97 Å². The van der Waals surface area contributed by atoms with Crippen molar-refractivity contribution in [3.05, 3.63) is 70.3 Å². The van der Waals surface area contributed by atoms with Crippen LogP contribution in [0.2, 0.25) is 0 Å². The van der Waals surface area contributed by atoms with E-state index in [0.717, 1.165) is 11.1 Å². The Balaban J connectivity index is 2.42. The van der Waals surface area contributed by atoms with Crippen molar-refractivity contribution in [2.45, 2.75) is 20.8 Å². The Bertz CT molecular complexity index is 649. The molecule has 3 heteroatoms. The van der Waals surface area contributed by atoms with Crippen molar-refractivity contribution >= 4 is 11.8 Å². The van der Waals surface area contributed by atoms with Gasteiger partial charge in [-0.1, -0.05) is 30.3 Å². The zero-order valence-electron chi connectivity index (χ0n) is 12.5. The van der Waals surface area contributed by atoms with Gasteiger partial charge in [0.1, 0.15) is 0 Å². The molecule has 3 nitrogen and oxygen atoms in total. The van der Waals surface area contributed by atoms with Crippen LogP contribution < -0.4 is 0 Å². The Morgan fingerprint density at radius 1 is 0.952 bits per heavy atom. The van der Waals surface area contributed by atoms with E-state index < -0.39 is 0 Å². The van der Waals surface area contributed by atoms with Gasteiger partial charge in [-0.3, -0.25) is 4.79 Å². The molecule has 2 aromatic carbocycles. The summed E-state index contributed by atoms with van der Waals surface area (Å²) in [4.78, 5) is 24.4. The number of benzene rings is 2. The standard InChI is InChI=1S/C18H18O3/c1-4-21-18(20)15-10-12(2)16(13(3)11-15)17(19)14-8-6-5-7-9-14/h5-11H,4H2,1-3H3. The van der Waals surface area contributed by atoms with Gasteiger partial charge in [0.25, 0.3) is 0 Å². The molecule has 0 amide bonds. The number of hydrogen-bond donors (Lipinski definition) is 0. The Morgan fingerprint density at radius 3 is 2.05 bits per heavy atom. The predicted octanol–water partition coefficient (Wildman–Crippen LogP) is 3.71. The summed E-state index contributed by atoms with van der Waals surface area (Å²) in [6, 6.07) is 12.6. The van der Waals surface area contributed by atoms with Crippen molar-refractivity contribution in [2.75, 3.05) is 6.61 Å². The molecule has 0 N–H and O–H groups in total. The van der Waals surface area contributed by atoms with Crippen LogP contribution in [0.5, 0.6) is 0 Å². The van der Waals surface area contributed by atoms with E-state index in [2.05, 4.69) is 0 Å². The topological polar surface area (TPSA) is 43.4 Å². The average Bonchev–Trinajstić information content (AvgIpc) is 2.47. The lowest BCUT2D eigenvalue weighted by atomic mass is 9.93. The van der Waals surface area contributed by atoms with E-state index in [4.69, 9.17) is 4.74 Å². The van der Waals surface area contributed by atoms with Crippen molar-refractivity contribution in [2.24, 2.45) is 0 Å². The lowest BCUT2D eigenvalue weighted by molar-refractivity contribution is 0.0526. The highest BCUT2D eigenvalue weighted by Crippen LogP contribution is 2.21. The summed E-state index contributed by atoms with van der Waals surface area (Å²) in [6.07, 6.45) is 0. The molecule has 0 saturated heterocycles. The fourth-order valence-corrected chi connectivity index (χ4v) is 2.39. The molecular formula is C18H18O3. The molecule has 0 atom stereocenters. The molecule has 0 unspecified atom stereocenters. The van der Waals surface area contributed by atoms with Gasteiger partial charge in [-0.2, -0.15) is 0 Å². The fraction of sp³-hybridized carbons (Fsp3) is 0.222. The van der Waals surface area contributed by atoms with Crippen LogP contribution in [-0.2, 0) is 4.74 Å². The number of ketones is 1. The SMILES string of the molecule is CCOC(=O)c1cc(C)c(C(=O)c2ccccc2)c(C)c1. The number of esters is 1. The van der Waals surface area contributed by atoms with Crippen LogP contribution in [0, 0.1) is 13.8 Å². The number of carbonyl (C=O) groups is 2. The minimum atomic E-state index is -0.359. The van der Waals surface area contributed by atoms with E-state index in [1.165, 1.54) is 0 Å². The molecule has 0 spiro atoms. The highest BCUT2D eigenvalue weighted by Gasteiger charge is 2.17. The van der Waals surface area contributed by atoms with E-state index in [-0.39, 0.29) is 11.8 Å². The van der Waals surface area contributed by atoms with Gasteiger partial charge in [-0.25, -0.2) is 4.79 Å². The van der Waals surface area contributed by atoms with E-state index in [0.29, 0.717) is 23.3 Å². The first-order valence-electron chi connectivity index (χ1n) is 6.92. The largest absolute Gasteiger partial charge is 0.462 e. The second-order valence-electron chi connectivity index (χ2n) is 4.90. The van der Waals surface area contributed by atoms with E-state index in [1.807, 2.05) is 32.0 Å². The number of hydrogen-bond acceptors (Lipinski definition) is 3. The lowest BCUT2D eigenvalue weighted by Gasteiger charge is -2.11. The number of ether oxygens (including phenoxy) is 1. The van der Waals surface area contributed by atoms with Gasteiger partial charge in [0, 0.05) is 11.1 Å². The van der Waals surface area contributed by atoms with Crippen molar-refractivity contribution in [3.8, 4) is 0 Å². The summed E-state index contributed by atoms with van der Waals surface area (Å²) in [5.74, 6) is -0.386. The highest BCUT2D eigenvalue weighted by molar-refractivity contribution is 6.11. The van der Waals surface area contributed by atoms with Gasteiger partial charge < -0.3 is 4.74 Å². The van der Waals surface area contributed by atoms with Crippen molar-refractivity contribution in [3.63, 3.8) is 0 Å². The minimum Gasteiger partial charge on any atom is -0.462 e. The van der Waals surface area contributed by atoms with Crippen molar-refractivity contribution < 1.29 is 14.3 Å². The third kappa shape index (κ3) is 3.19. The van der Waals surface area contributed by atoms with Crippen LogP contribution in [-0.4, -0.2) is 18.4 Å². The molecule has 0 heterocycles. The monoisotopic (exact) mass is 282 g/mol. The first-order chi connectivity index (χ1) is 10.0. The number of rotatable bonds is 4. The van der Waals surface area contributed by atoms with E-state index >= 15 is 0 Å². The highest BCUT2D eigenvalue weighted by atomic mass is 16.5. The Labute approximate surface area is 124 Å². The Hall–Kier alpha value is -2.42. The summed E-state index contributed by atoms with van der Waals surface area (Å²) in [7, 11) is 0. The second kappa shape index (κ2) is 6.35. The summed E-state index contributed by atoms with van der Waals surface area (Å²) in [5.41, 5.74) is 3.34. The molecule has 0 aliphatic heterocycles. The third-order valence-electron chi connectivity index (χ3n) is 3.31. The molecule has 21 heavy (non-hydrogen) atoms. The predicted molar refractivity (Wildman–Crippen MR) is 81.7 cm³/mol. The van der Waals surface area contributed by atoms with E-state index in [1.54, 1.807) is 31.2 Å². The van der Waals surface area contributed by atoms with Crippen LogP contribution in [0.25, 0.3) is 0 Å². The van der Waals surface area contributed by atoms with Crippen LogP contribution in [0.15, 0.2) is 42.5 Å². The minimum absolute atomic E-state index is 0.0268.